The fourth-order valence-corrected chi connectivity index (χ4v) is 2.98. The maximum absolute atomic E-state index is 12.5. The minimum Gasteiger partial charge on any atom is -0.507 e. The van der Waals surface area contributed by atoms with Gasteiger partial charge in [-0.05, 0) is 30.2 Å². The lowest BCUT2D eigenvalue weighted by Gasteiger charge is -2.16. The summed E-state index contributed by atoms with van der Waals surface area (Å²) in [6.45, 7) is 2.65. The Bertz CT molecular complexity index is 903. The van der Waals surface area contributed by atoms with E-state index in [1.165, 1.54) is 0 Å². The summed E-state index contributed by atoms with van der Waals surface area (Å²) in [5.41, 5.74) is 2.89. The van der Waals surface area contributed by atoms with Crippen LogP contribution in [0, 0.1) is 0 Å². The number of nitrogens with zero attached hydrogens (tertiary/aromatic N) is 2. The summed E-state index contributed by atoms with van der Waals surface area (Å²) >= 11 is 5.93. The van der Waals surface area contributed by atoms with E-state index in [0.717, 1.165) is 23.1 Å². The number of rotatable bonds is 5. The van der Waals surface area contributed by atoms with Crippen LogP contribution in [0.1, 0.15) is 35.0 Å². The van der Waals surface area contributed by atoms with Crippen LogP contribution in [0.3, 0.4) is 0 Å². The number of benzene rings is 2. The van der Waals surface area contributed by atoms with Gasteiger partial charge in [0.15, 0.2) is 0 Å². The second-order valence-corrected chi connectivity index (χ2v) is 6.55. The third kappa shape index (κ3) is 3.61. The van der Waals surface area contributed by atoms with Crippen molar-refractivity contribution in [3.8, 4) is 5.75 Å². The average molecular weight is 358 g/mol. The van der Waals surface area contributed by atoms with E-state index in [1.807, 2.05) is 31.2 Å². The lowest BCUT2D eigenvalue weighted by Crippen LogP contribution is -2.27. The fourth-order valence-electron chi connectivity index (χ4n) is 2.85. The van der Waals surface area contributed by atoms with Crippen LogP contribution in [0.5, 0.6) is 5.75 Å². The number of amides is 1. The molecule has 1 amide bonds. The van der Waals surface area contributed by atoms with Gasteiger partial charge >= 0.3 is 0 Å². The monoisotopic (exact) mass is 357 g/mol. The summed E-state index contributed by atoms with van der Waals surface area (Å²) in [6, 6.07) is 10.8. The number of aromatic amines is 1. The summed E-state index contributed by atoms with van der Waals surface area (Å²) in [5.74, 6) is -0.234. The van der Waals surface area contributed by atoms with Crippen molar-refractivity contribution in [2.24, 2.45) is 0 Å². The van der Waals surface area contributed by atoms with Gasteiger partial charge in [-0.25, -0.2) is 0 Å². The maximum Gasteiger partial charge on any atom is 0.257 e. The molecule has 2 N–H and O–H groups in total. The maximum atomic E-state index is 12.5. The minimum absolute atomic E-state index is 0.0397. The number of nitrogens with one attached hydrogen (secondary N) is 1. The van der Waals surface area contributed by atoms with Gasteiger partial charge in [0.25, 0.3) is 5.91 Å². The largest absolute Gasteiger partial charge is 0.507 e. The van der Waals surface area contributed by atoms with E-state index in [1.54, 1.807) is 24.1 Å². The molecule has 0 radical (unpaired) electrons. The number of phenols is 1. The molecule has 0 fully saturated rings. The van der Waals surface area contributed by atoms with Gasteiger partial charge in [0, 0.05) is 36.5 Å². The van der Waals surface area contributed by atoms with E-state index in [0.29, 0.717) is 29.1 Å². The van der Waals surface area contributed by atoms with E-state index in [4.69, 9.17) is 11.6 Å². The van der Waals surface area contributed by atoms with Gasteiger partial charge in [-0.2, -0.15) is 5.10 Å². The number of hydrogen-bond donors (Lipinski definition) is 2. The zero-order valence-corrected chi connectivity index (χ0v) is 15.0. The zero-order chi connectivity index (χ0) is 18.0. The van der Waals surface area contributed by atoms with Crippen molar-refractivity contribution in [3.05, 3.63) is 58.2 Å². The smallest absolute Gasteiger partial charge is 0.257 e. The minimum atomic E-state index is -0.195. The number of hydrogen-bond acceptors (Lipinski definition) is 3. The number of phenolic OH excluding ortho intramolecular Hbond substituents is 1. The molecule has 6 heteroatoms. The first kappa shape index (κ1) is 17.3. The Morgan fingerprint density at radius 1 is 1.28 bits per heavy atom. The van der Waals surface area contributed by atoms with Crippen molar-refractivity contribution >= 4 is 28.4 Å². The normalized spacial score (nSPS) is 11.0. The lowest BCUT2D eigenvalue weighted by atomic mass is 10.0. The van der Waals surface area contributed by atoms with Crippen LogP contribution in [-0.2, 0) is 6.42 Å². The predicted octanol–water partition coefficient (Wildman–Crippen LogP) is 3.99. The number of halogens is 1. The standard InChI is InChI=1S/C19H20ClN3O2/c1-3-8-23(2)19(25)15-10-14-16(21-22-17(14)11-18(15)24)9-12-4-6-13(20)7-5-12/h4-7,10-11,24H,3,8-9H2,1-2H3,(H,21,22). The number of carbonyl (C=O) groups is 1. The lowest BCUT2D eigenvalue weighted by molar-refractivity contribution is 0.0792. The zero-order valence-electron chi connectivity index (χ0n) is 14.2. The molecule has 0 atom stereocenters. The fraction of sp³-hybridized carbons (Fsp3) is 0.263. The molecule has 0 aliphatic rings. The Morgan fingerprint density at radius 3 is 2.68 bits per heavy atom. The number of fused-ring (bicyclic) bond motifs is 1. The summed E-state index contributed by atoms with van der Waals surface area (Å²) < 4.78 is 0. The second-order valence-electron chi connectivity index (χ2n) is 6.12. The molecule has 1 aromatic heterocycles. The van der Waals surface area contributed by atoms with Crippen molar-refractivity contribution in [1.82, 2.24) is 15.1 Å². The van der Waals surface area contributed by atoms with E-state index >= 15 is 0 Å². The van der Waals surface area contributed by atoms with Crippen LogP contribution >= 0.6 is 11.6 Å². The van der Waals surface area contributed by atoms with Gasteiger partial charge in [0.1, 0.15) is 5.75 Å². The number of aromatic hydroxyl groups is 1. The third-order valence-corrected chi connectivity index (χ3v) is 4.43. The van der Waals surface area contributed by atoms with Gasteiger partial charge in [-0.15, -0.1) is 0 Å². The Balaban J connectivity index is 1.97. The first-order valence-electron chi connectivity index (χ1n) is 8.19. The van der Waals surface area contributed by atoms with Gasteiger partial charge in [0.05, 0.1) is 16.8 Å². The molecular formula is C19H20ClN3O2. The summed E-state index contributed by atoms with van der Waals surface area (Å²) in [4.78, 5) is 14.2. The molecule has 0 aliphatic heterocycles. The van der Waals surface area contributed by atoms with Crippen LogP contribution in [0.25, 0.3) is 10.9 Å². The first-order chi connectivity index (χ1) is 12.0. The molecule has 0 saturated heterocycles. The number of carbonyl (C=O) groups excluding carboxylic acids is 1. The van der Waals surface area contributed by atoms with Crippen LogP contribution < -0.4 is 0 Å². The molecule has 0 spiro atoms. The highest BCUT2D eigenvalue weighted by Crippen LogP contribution is 2.28. The van der Waals surface area contributed by atoms with Crippen molar-refractivity contribution < 1.29 is 9.90 Å². The molecular weight excluding hydrogens is 338 g/mol. The van der Waals surface area contributed by atoms with Crippen LogP contribution in [0.15, 0.2) is 36.4 Å². The highest BCUT2D eigenvalue weighted by molar-refractivity contribution is 6.30. The SMILES string of the molecule is CCCN(C)C(=O)c1cc2c(Cc3ccc(Cl)cc3)n[nH]c2cc1O. The Morgan fingerprint density at radius 2 is 2.00 bits per heavy atom. The highest BCUT2D eigenvalue weighted by atomic mass is 35.5. The van der Waals surface area contributed by atoms with Crippen LogP contribution in [0.4, 0.5) is 0 Å². The van der Waals surface area contributed by atoms with E-state index < -0.39 is 0 Å². The highest BCUT2D eigenvalue weighted by Gasteiger charge is 2.18. The Hall–Kier alpha value is -2.53. The second kappa shape index (κ2) is 7.15. The number of H-pyrrole nitrogens is 1. The molecule has 0 bridgehead atoms. The molecule has 0 saturated carbocycles. The van der Waals surface area contributed by atoms with Gasteiger partial charge < -0.3 is 10.0 Å². The number of aromatic nitrogens is 2. The molecule has 25 heavy (non-hydrogen) atoms. The molecule has 3 rings (SSSR count). The molecule has 1 heterocycles. The predicted molar refractivity (Wildman–Crippen MR) is 99.3 cm³/mol. The van der Waals surface area contributed by atoms with Crippen molar-refractivity contribution in [2.45, 2.75) is 19.8 Å². The molecule has 0 aliphatic carbocycles. The molecule has 5 nitrogen and oxygen atoms in total. The van der Waals surface area contributed by atoms with Crippen LogP contribution in [0.2, 0.25) is 5.02 Å². The Kier molecular flexibility index (Phi) is 4.95. The van der Waals surface area contributed by atoms with Crippen molar-refractivity contribution in [2.75, 3.05) is 13.6 Å². The average Bonchev–Trinajstić information content (AvgIpc) is 2.97. The van der Waals surface area contributed by atoms with Gasteiger partial charge in [0.2, 0.25) is 0 Å². The first-order valence-corrected chi connectivity index (χ1v) is 8.57. The molecule has 130 valence electrons. The Labute approximate surface area is 151 Å². The van der Waals surface area contributed by atoms with Gasteiger partial charge in [-0.3, -0.25) is 9.89 Å². The van der Waals surface area contributed by atoms with Gasteiger partial charge in [-0.1, -0.05) is 30.7 Å². The third-order valence-electron chi connectivity index (χ3n) is 4.18. The summed E-state index contributed by atoms with van der Waals surface area (Å²) in [7, 11) is 1.74. The molecule has 0 unspecified atom stereocenters. The molecule has 2 aromatic carbocycles. The van der Waals surface area contributed by atoms with Crippen molar-refractivity contribution in [1.29, 1.82) is 0 Å². The summed E-state index contributed by atoms with van der Waals surface area (Å²) in [5, 5.41) is 19.0. The van der Waals surface area contributed by atoms with E-state index in [-0.39, 0.29) is 11.7 Å². The quantitative estimate of drug-likeness (QED) is 0.725. The van der Waals surface area contributed by atoms with E-state index in [9.17, 15) is 9.90 Å². The van der Waals surface area contributed by atoms with Crippen molar-refractivity contribution in [3.63, 3.8) is 0 Å². The summed E-state index contributed by atoms with van der Waals surface area (Å²) in [6.07, 6.45) is 1.47. The van der Waals surface area contributed by atoms with E-state index in [2.05, 4.69) is 10.2 Å². The topological polar surface area (TPSA) is 69.2 Å². The molecule has 3 aromatic rings. The van der Waals surface area contributed by atoms with Crippen LogP contribution in [-0.4, -0.2) is 39.7 Å².